The summed E-state index contributed by atoms with van der Waals surface area (Å²) in [6.45, 7) is 3.78. The zero-order chi connectivity index (χ0) is 18.0. The molecule has 0 aliphatic rings. The second kappa shape index (κ2) is 7.11. The van der Waals surface area contributed by atoms with Crippen LogP contribution >= 0.6 is 11.6 Å². The molecule has 0 saturated heterocycles. The van der Waals surface area contributed by atoms with Crippen molar-refractivity contribution in [2.75, 3.05) is 7.11 Å². The minimum Gasteiger partial charge on any atom is -0.497 e. The predicted octanol–water partition coefficient (Wildman–Crippen LogP) is 4.70. The fourth-order valence-electron chi connectivity index (χ4n) is 2.72. The van der Waals surface area contributed by atoms with Crippen molar-refractivity contribution < 1.29 is 9.53 Å². The first-order valence-electron chi connectivity index (χ1n) is 7.99. The standard InChI is InChI=1S/C20H19ClN2O2/c1-12(14-4-6-16(21)7-5-14)23-20(24)18-11-15-10-17(25-3)8-9-19(15)22-13(18)2/h4-12H,1-3H3,(H,23,24)/t12-/m0/s1. The molecule has 1 amide bonds. The molecule has 0 unspecified atom stereocenters. The molecule has 1 heterocycles. The fourth-order valence-corrected chi connectivity index (χ4v) is 2.84. The van der Waals surface area contributed by atoms with E-state index in [0.717, 1.165) is 22.2 Å². The molecule has 5 heteroatoms. The van der Waals surface area contributed by atoms with Crippen molar-refractivity contribution in [3.05, 3.63) is 70.4 Å². The number of rotatable bonds is 4. The molecule has 0 aliphatic heterocycles. The van der Waals surface area contributed by atoms with Crippen molar-refractivity contribution in [3.8, 4) is 5.75 Å². The number of ether oxygens (including phenoxy) is 1. The molecule has 1 atom stereocenters. The molecule has 25 heavy (non-hydrogen) atoms. The number of carbonyl (C=O) groups is 1. The Hall–Kier alpha value is -2.59. The van der Waals surface area contributed by atoms with Crippen molar-refractivity contribution in [2.45, 2.75) is 19.9 Å². The molecule has 0 aliphatic carbocycles. The van der Waals surface area contributed by atoms with E-state index in [0.29, 0.717) is 16.3 Å². The molecule has 1 N–H and O–H groups in total. The van der Waals surface area contributed by atoms with Gasteiger partial charge in [-0.05, 0) is 55.8 Å². The molecular formula is C20H19ClN2O2. The lowest BCUT2D eigenvalue weighted by molar-refractivity contribution is 0.0939. The van der Waals surface area contributed by atoms with E-state index in [1.165, 1.54) is 0 Å². The molecule has 0 saturated carbocycles. The Bertz CT molecular complexity index is 923. The third-order valence-electron chi connectivity index (χ3n) is 4.17. The number of aryl methyl sites for hydroxylation is 1. The topological polar surface area (TPSA) is 51.2 Å². The van der Waals surface area contributed by atoms with Crippen molar-refractivity contribution in [1.29, 1.82) is 0 Å². The van der Waals surface area contributed by atoms with Gasteiger partial charge in [0.1, 0.15) is 5.75 Å². The maximum absolute atomic E-state index is 12.7. The van der Waals surface area contributed by atoms with Crippen LogP contribution in [0, 0.1) is 6.92 Å². The average Bonchev–Trinajstić information content (AvgIpc) is 2.61. The van der Waals surface area contributed by atoms with Gasteiger partial charge in [0.25, 0.3) is 5.91 Å². The van der Waals surface area contributed by atoms with E-state index in [4.69, 9.17) is 16.3 Å². The van der Waals surface area contributed by atoms with Gasteiger partial charge in [-0.2, -0.15) is 0 Å². The summed E-state index contributed by atoms with van der Waals surface area (Å²) in [5.74, 6) is 0.580. The molecule has 4 nitrogen and oxygen atoms in total. The van der Waals surface area contributed by atoms with Gasteiger partial charge in [-0.25, -0.2) is 0 Å². The molecule has 128 valence electrons. The lowest BCUT2D eigenvalue weighted by Gasteiger charge is -2.16. The number of benzene rings is 2. The zero-order valence-corrected chi connectivity index (χ0v) is 15.1. The minimum atomic E-state index is -0.155. The van der Waals surface area contributed by atoms with Crippen LogP contribution in [-0.4, -0.2) is 18.0 Å². The second-order valence-electron chi connectivity index (χ2n) is 5.93. The van der Waals surface area contributed by atoms with Crippen molar-refractivity contribution >= 4 is 28.4 Å². The van der Waals surface area contributed by atoms with Gasteiger partial charge in [0.15, 0.2) is 0 Å². The Labute approximate surface area is 151 Å². The van der Waals surface area contributed by atoms with Gasteiger partial charge in [-0.1, -0.05) is 23.7 Å². The molecule has 0 bridgehead atoms. The monoisotopic (exact) mass is 354 g/mol. The van der Waals surface area contributed by atoms with Gasteiger partial charge >= 0.3 is 0 Å². The van der Waals surface area contributed by atoms with E-state index in [1.54, 1.807) is 7.11 Å². The summed E-state index contributed by atoms with van der Waals surface area (Å²) in [7, 11) is 1.62. The highest BCUT2D eigenvalue weighted by molar-refractivity contribution is 6.30. The number of aromatic nitrogens is 1. The molecular weight excluding hydrogens is 336 g/mol. The third-order valence-corrected chi connectivity index (χ3v) is 4.43. The number of pyridine rings is 1. The number of amides is 1. The maximum Gasteiger partial charge on any atom is 0.253 e. The zero-order valence-electron chi connectivity index (χ0n) is 14.3. The summed E-state index contributed by atoms with van der Waals surface area (Å²) in [4.78, 5) is 17.2. The van der Waals surface area contributed by atoms with Gasteiger partial charge in [0.2, 0.25) is 0 Å². The Morgan fingerprint density at radius 3 is 2.56 bits per heavy atom. The number of carbonyl (C=O) groups excluding carboxylic acids is 1. The van der Waals surface area contributed by atoms with Gasteiger partial charge in [-0.15, -0.1) is 0 Å². The molecule has 2 aromatic carbocycles. The van der Waals surface area contributed by atoms with E-state index in [1.807, 2.05) is 62.4 Å². The van der Waals surface area contributed by atoms with Crippen LogP contribution in [0.3, 0.4) is 0 Å². The third kappa shape index (κ3) is 3.74. The number of nitrogens with zero attached hydrogens (tertiary/aromatic N) is 1. The quantitative estimate of drug-likeness (QED) is 0.739. The van der Waals surface area contributed by atoms with Crippen LogP contribution in [0.15, 0.2) is 48.5 Å². The first-order chi connectivity index (χ1) is 12.0. The largest absolute Gasteiger partial charge is 0.497 e. The highest BCUT2D eigenvalue weighted by Crippen LogP contribution is 2.23. The summed E-state index contributed by atoms with van der Waals surface area (Å²) in [6.07, 6.45) is 0. The normalized spacial score (nSPS) is 12.0. The highest BCUT2D eigenvalue weighted by Gasteiger charge is 2.15. The number of fused-ring (bicyclic) bond motifs is 1. The summed E-state index contributed by atoms with van der Waals surface area (Å²) >= 11 is 5.91. The van der Waals surface area contributed by atoms with Crippen LogP contribution in [0.5, 0.6) is 5.75 Å². The first kappa shape index (κ1) is 17.2. The van der Waals surface area contributed by atoms with E-state index in [2.05, 4.69) is 10.3 Å². The van der Waals surface area contributed by atoms with E-state index in [9.17, 15) is 4.79 Å². The number of halogens is 1. The fraction of sp³-hybridized carbons (Fsp3) is 0.200. The van der Waals surface area contributed by atoms with Crippen LogP contribution in [-0.2, 0) is 0 Å². The van der Waals surface area contributed by atoms with Crippen LogP contribution in [0.2, 0.25) is 5.02 Å². The van der Waals surface area contributed by atoms with Gasteiger partial charge in [0, 0.05) is 10.4 Å². The lowest BCUT2D eigenvalue weighted by atomic mass is 10.1. The van der Waals surface area contributed by atoms with E-state index in [-0.39, 0.29) is 11.9 Å². The van der Waals surface area contributed by atoms with Crippen LogP contribution < -0.4 is 10.1 Å². The Morgan fingerprint density at radius 1 is 1.16 bits per heavy atom. The Balaban J connectivity index is 1.88. The van der Waals surface area contributed by atoms with Gasteiger partial charge < -0.3 is 10.1 Å². The molecule has 3 rings (SSSR count). The number of nitrogens with one attached hydrogen (secondary N) is 1. The smallest absolute Gasteiger partial charge is 0.253 e. The summed E-state index contributed by atoms with van der Waals surface area (Å²) in [5.41, 5.74) is 3.08. The Kier molecular flexibility index (Phi) is 4.91. The molecule has 0 radical (unpaired) electrons. The van der Waals surface area contributed by atoms with Crippen molar-refractivity contribution in [3.63, 3.8) is 0 Å². The highest BCUT2D eigenvalue weighted by atomic mass is 35.5. The molecule has 1 aromatic heterocycles. The van der Waals surface area contributed by atoms with Crippen LogP contribution in [0.1, 0.15) is 34.6 Å². The second-order valence-corrected chi connectivity index (χ2v) is 6.36. The molecule has 0 fully saturated rings. The van der Waals surface area contributed by atoms with Crippen molar-refractivity contribution in [2.24, 2.45) is 0 Å². The number of hydrogen-bond acceptors (Lipinski definition) is 3. The van der Waals surface area contributed by atoms with E-state index >= 15 is 0 Å². The average molecular weight is 355 g/mol. The summed E-state index contributed by atoms with van der Waals surface area (Å²) in [6, 6.07) is 14.8. The maximum atomic E-state index is 12.7. The molecule has 0 spiro atoms. The predicted molar refractivity (Wildman–Crippen MR) is 100 cm³/mol. The SMILES string of the molecule is COc1ccc2nc(C)c(C(=O)N[C@@H](C)c3ccc(Cl)cc3)cc2c1. The summed E-state index contributed by atoms with van der Waals surface area (Å²) in [5, 5.41) is 4.55. The van der Waals surface area contributed by atoms with Crippen LogP contribution in [0.25, 0.3) is 10.9 Å². The number of hydrogen-bond donors (Lipinski definition) is 1. The first-order valence-corrected chi connectivity index (χ1v) is 8.37. The van der Waals surface area contributed by atoms with Crippen LogP contribution in [0.4, 0.5) is 0 Å². The van der Waals surface area contributed by atoms with E-state index < -0.39 is 0 Å². The summed E-state index contributed by atoms with van der Waals surface area (Å²) < 4.78 is 5.25. The van der Waals surface area contributed by atoms with Gasteiger partial charge in [-0.3, -0.25) is 9.78 Å². The molecule has 3 aromatic rings. The Morgan fingerprint density at radius 2 is 1.88 bits per heavy atom. The number of methoxy groups -OCH3 is 1. The van der Waals surface area contributed by atoms with Crippen molar-refractivity contribution in [1.82, 2.24) is 10.3 Å². The lowest BCUT2D eigenvalue weighted by Crippen LogP contribution is -2.27. The minimum absolute atomic E-state index is 0.134. The van der Waals surface area contributed by atoms with Gasteiger partial charge in [0.05, 0.1) is 29.9 Å².